The molecule has 0 aliphatic heterocycles. The number of hydrogen-bond acceptors (Lipinski definition) is 3. The number of pyridine rings is 1. The number of aryl methyl sites for hydroxylation is 1. The summed E-state index contributed by atoms with van der Waals surface area (Å²) in [5.41, 5.74) is 1.45. The lowest BCUT2D eigenvalue weighted by atomic mass is 10.1. The van der Waals surface area contributed by atoms with E-state index in [4.69, 9.17) is 5.11 Å². The van der Waals surface area contributed by atoms with Gasteiger partial charge in [-0.2, -0.15) is 0 Å². The molecule has 0 spiro atoms. The molecule has 0 fully saturated rings. The lowest BCUT2D eigenvalue weighted by molar-refractivity contribution is -0.115. The molecule has 3 heteroatoms. The normalized spacial score (nSPS) is 12.5. The van der Waals surface area contributed by atoms with Crippen molar-refractivity contribution in [1.82, 2.24) is 4.98 Å². The zero-order chi connectivity index (χ0) is 8.27. The second-order valence-electron chi connectivity index (χ2n) is 2.31. The zero-order valence-electron chi connectivity index (χ0n) is 6.19. The predicted octanol–water partition coefficient (Wildman–Crippen LogP) is 0.622. The summed E-state index contributed by atoms with van der Waals surface area (Å²) in [6.45, 7) is 1.82. The molecular formula is C8H9NO2. The molecule has 0 aromatic carbocycles. The van der Waals surface area contributed by atoms with Crippen LogP contribution >= 0.6 is 0 Å². The predicted molar refractivity (Wildman–Crippen MR) is 40.0 cm³/mol. The molecule has 1 aromatic heterocycles. The topological polar surface area (TPSA) is 50.2 Å². The number of carbonyl (C=O) groups is 1. The first kappa shape index (κ1) is 7.88. The van der Waals surface area contributed by atoms with E-state index >= 15 is 0 Å². The maximum atomic E-state index is 10.2. The Morgan fingerprint density at radius 3 is 3.00 bits per heavy atom. The molecule has 0 aliphatic rings. The number of nitrogens with zero attached hydrogens (tertiary/aromatic N) is 1. The van der Waals surface area contributed by atoms with Crippen molar-refractivity contribution in [3.63, 3.8) is 0 Å². The Balaban J connectivity index is 3.02. The van der Waals surface area contributed by atoms with Gasteiger partial charge in [0.05, 0.1) is 0 Å². The van der Waals surface area contributed by atoms with Gasteiger partial charge in [-0.1, -0.05) is 0 Å². The van der Waals surface area contributed by atoms with Crippen LogP contribution in [-0.2, 0) is 4.79 Å². The third kappa shape index (κ3) is 1.62. The fraction of sp³-hybridized carbons (Fsp3) is 0.250. The van der Waals surface area contributed by atoms with Crippen LogP contribution in [-0.4, -0.2) is 16.4 Å². The molecule has 1 aromatic rings. The Morgan fingerprint density at radius 2 is 2.45 bits per heavy atom. The van der Waals surface area contributed by atoms with E-state index in [0.717, 1.165) is 5.56 Å². The first-order valence-electron chi connectivity index (χ1n) is 3.29. The van der Waals surface area contributed by atoms with Crippen LogP contribution in [0.3, 0.4) is 0 Å². The average molecular weight is 151 g/mol. The fourth-order valence-electron chi connectivity index (χ4n) is 0.859. The van der Waals surface area contributed by atoms with E-state index in [1.807, 2.05) is 6.92 Å². The van der Waals surface area contributed by atoms with Crippen molar-refractivity contribution >= 4 is 6.29 Å². The molecule has 0 saturated carbocycles. The van der Waals surface area contributed by atoms with Gasteiger partial charge in [-0.05, 0) is 18.6 Å². The van der Waals surface area contributed by atoms with Gasteiger partial charge in [-0.15, -0.1) is 0 Å². The first-order valence-corrected chi connectivity index (χ1v) is 3.29. The van der Waals surface area contributed by atoms with Crippen molar-refractivity contribution in [3.05, 3.63) is 29.6 Å². The van der Waals surface area contributed by atoms with Crippen molar-refractivity contribution in [3.8, 4) is 0 Å². The van der Waals surface area contributed by atoms with Crippen LogP contribution in [0.4, 0.5) is 0 Å². The van der Waals surface area contributed by atoms with E-state index in [9.17, 15) is 4.79 Å². The molecule has 1 unspecified atom stereocenters. The molecule has 0 saturated heterocycles. The highest BCUT2D eigenvalue weighted by Crippen LogP contribution is 2.12. The lowest BCUT2D eigenvalue weighted by Gasteiger charge is -2.04. The Bertz CT molecular complexity index is 260. The number of aliphatic hydroxyl groups is 1. The second-order valence-corrected chi connectivity index (χ2v) is 2.31. The number of hydrogen-bond donors (Lipinski definition) is 1. The maximum absolute atomic E-state index is 10.2. The molecule has 0 radical (unpaired) electrons. The van der Waals surface area contributed by atoms with Gasteiger partial charge in [0.1, 0.15) is 6.10 Å². The summed E-state index contributed by atoms with van der Waals surface area (Å²) in [7, 11) is 0. The number of aliphatic hydroxyl groups excluding tert-OH is 1. The molecule has 1 atom stereocenters. The van der Waals surface area contributed by atoms with Crippen LogP contribution in [0.5, 0.6) is 0 Å². The molecule has 1 N–H and O–H groups in total. The van der Waals surface area contributed by atoms with Crippen molar-refractivity contribution in [2.24, 2.45) is 0 Å². The quantitative estimate of drug-likeness (QED) is 0.630. The van der Waals surface area contributed by atoms with Crippen molar-refractivity contribution < 1.29 is 9.90 Å². The summed E-state index contributed by atoms with van der Waals surface area (Å²) < 4.78 is 0. The van der Waals surface area contributed by atoms with Crippen LogP contribution in [0.2, 0.25) is 0 Å². The average Bonchev–Trinajstić information content (AvgIpc) is 2.04. The van der Waals surface area contributed by atoms with Gasteiger partial charge in [0.2, 0.25) is 0 Å². The highest BCUT2D eigenvalue weighted by molar-refractivity contribution is 5.60. The van der Waals surface area contributed by atoms with Gasteiger partial charge in [0.15, 0.2) is 6.29 Å². The monoisotopic (exact) mass is 151 g/mol. The Labute approximate surface area is 64.7 Å². The largest absolute Gasteiger partial charge is 0.381 e. The summed E-state index contributed by atoms with van der Waals surface area (Å²) >= 11 is 0. The minimum Gasteiger partial charge on any atom is -0.381 e. The zero-order valence-corrected chi connectivity index (χ0v) is 6.19. The van der Waals surface area contributed by atoms with Crippen LogP contribution in [0.25, 0.3) is 0 Å². The molecule has 1 heterocycles. The van der Waals surface area contributed by atoms with E-state index in [-0.39, 0.29) is 0 Å². The van der Waals surface area contributed by atoms with Gasteiger partial charge in [0, 0.05) is 18.0 Å². The number of aldehydes is 1. The SMILES string of the molecule is Cc1ccncc1C(O)C=O. The lowest BCUT2D eigenvalue weighted by Crippen LogP contribution is -2.00. The summed E-state index contributed by atoms with van der Waals surface area (Å²) in [4.78, 5) is 14.0. The van der Waals surface area contributed by atoms with Crippen molar-refractivity contribution in [2.45, 2.75) is 13.0 Å². The molecule has 11 heavy (non-hydrogen) atoms. The van der Waals surface area contributed by atoms with Crippen LogP contribution < -0.4 is 0 Å². The van der Waals surface area contributed by atoms with E-state index in [0.29, 0.717) is 11.8 Å². The van der Waals surface area contributed by atoms with E-state index in [2.05, 4.69) is 4.98 Å². The van der Waals surface area contributed by atoms with Gasteiger partial charge >= 0.3 is 0 Å². The maximum Gasteiger partial charge on any atom is 0.153 e. The van der Waals surface area contributed by atoms with Crippen molar-refractivity contribution in [2.75, 3.05) is 0 Å². The fourth-order valence-corrected chi connectivity index (χ4v) is 0.859. The Morgan fingerprint density at radius 1 is 1.73 bits per heavy atom. The Hall–Kier alpha value is -1.22. The molecular weight excluding hydrogens is 142 g/mol. The van der Waals surface area contributed by atoms with Gasteiger partial charge < -0.3 is 9.90 Å². The van der Waals surface area contributed by atoms with Gasteiger partial charge in [0.25, 0.3) is 0 Å². The third-order valence-corrected chi connectivity index (χ3v) is 1.53. The molecule has 1 rings (SSSR count). The summed E-state index contributed by atoms with van der Waals surface area (Å²) in [6.07, 6.45) is 2.57. The summed E-state index contributed by atoms with van der Waals surface area (Å²) in [5.74, 6) is 0. The van der Waals surface area contributed by atoms with E-state index in [1.54, 1.807) is 12.3 Å². The molecule has 0 bridgehead atoms. The third-order valence-electron chi connectivity index (χ3n) is 1.53. The second kappa shape index (κ2) is 3.25. The van der Waals surface area contributed by atoms with Crippen LogP contribution in [0.1, 0.15) is 17.2 Å². The number of aromatic nitrogens is 1. The van der Waals surface area contributed by atoms with Crippen LogP contribution in [0.15, 0.2) is 18.5 Å². The van der Waals surface area contributed by atoms with Gasteiger partial charge in [-0.3, -0.25) is 4.98 Å². The summed E-state index contributed by atoms with van der Waals surface area (Å²) in [5, 5.41) is 9.10. The van der Waals surface area contributed by atoms with E-state index in [1.165, 1.54) is 6.20 Å². The molecule has 0 aliphatic carbocycles. The van der Waals surface area contributed by atoms with Crippen molar-refractivity contribution in [1.29, 1.82) is 0 Å². The standard InChI is InChI=1S/C8H9NO2/c1-6-2-3-9-4-7(6)8(11)5-10/h2-5,8,11H,1H3. The molecule has 3 nitrogen and oxygen atoms in total. The first-order chi connectivity index (χ1) is 5.25. The minimum absolute atomic E-state index is 0.490. The molecule has 58 valence electrons. The number of rotatable bonds is 2. The Kier molecular flexibility index (Phi) is 2.33. The smallest absolute Gasteiger partial charge is 0.153 e. The minimum atomic E-state index is -1.04. The molecule has 0 amide bonds. The van der Waals surface area contributed by atoms with Gasteiger partial charge in [-0.25, -0.2) is 0 Å². The highest BCUT2D eigenvalue weighted by atomic mass is 16.3. The summed E-state index contributed by atoms with van der Waals surface area (Å²) in [6, 6.07) is 1.75. The van der Waals surface area contributed by atoms with E-state index < -0.39 is 6.10 Å². The highest BCUT2D eigenvalue weighted by Gasteiger charge is 2.07. The number of carbonyl (C=O) groups excluding carboxylic acids is 1. The van der Waals surface area contributed by atoms with Crippen LogP contribution in [0, 0.1) is 6.92 Å².